The van der Waals surface area contributed by atoms with Gasteiger partial charge in [0.15, 0.2) is 0 Å². The van der Waals surface area contributed by atoms with Crippen molar-refractivity contribution in [2.24, 2.45) is 0 Å². The number of nitrogens with zero attached hydrogens (tertiary/aromatic N) is 2. The van der Waals surface area contributed by atoms with Gasteiger partial charge in [-0.2, -0.15) is 9.78 Å². The maximum atomic E-state index is 12.6. The number of hydrogen-bond acceptors (Lipinski definition) is 4. The van der Waals surface area contributed by atoms with Crippen molar-refractivity contribution in [2.45, 2.75) is 38.0 Å². The Morgan fingerprint density at radius 3 is 2.41 bits per heavy atom. The molecule has 7 heteroatoms. The van der Waals surface area contributed by atoms with E-state index in [2.05, 4.69) is 16.5 Å². The number of carbonyl (C=O) groups is 1. The fourth-order valence-corrected chi connectivity index (χ4v) is 3.86. The highest BCUT2D eigenvalue weighted by molar-refractivity contribution is 8.00. The standard InChI is InChI=1S/C22H22ClN3O2S/c1-13-9-14(2)11-17(10-13)24-22(28)16(4)29-20-7-8-21(27)26(25-20)18-6-5-15(3)19(23)12-18/h5-12,16H,1-4H3,(H,24,28)/t16-/m0/s1. The average Bonchev–Trinajstić information content (AvgIpc) is 2.64. The molecule has 0 aliphatic carbocycles. The van der Waals surface area contributed by atoms with Crippen LogP contribution < -0.4 is 10.9 Å². The number of hydrogen-bond donors (Lipinski definition) is 1. The summed E-state index contributed by atoms with van der Waals surface area (Å²) in [5, 5.41) is 8.09. The van der Waals surface area contributed by atoms with Crippen LogP contribution in [0.4, 0.5) is 5.69 Å². The van der Waals surface area contributed by atoms with Crippen LogP contribution in [0, 0.1) is 20.8 Å². The summed E-state index contributed by atoms with van der Waals surface area (Å²) in [7, 11) is 0. The van der Waals surface area contributed by atoms with Crippen molar-refractivity contribution in [3.8, 4) is 5.69 Å². The van der Waals surface area contributed by atoms with E-state index in [0.717, 1.165) is 22.4 Å². The Bertz CT molecular complexity index is 1110. The lowest BCUT2D eigenvalue weighted by molar-refractivity contribution is -0.115. The van der Waals surface area contributed by atoms with Crippen LogP contribution in [0.3, 0.4) is 0 Å². The SMILES string of the molecule is Cc1cc(C)cc(NC(=O)[C@H](C)Sc2ccc(=O)n(-c3ccc(C)c(Cl)c3)n2)c1. The van der Waals surface area contributed by atoms with Gasteiger partial charge in [0.25, 0.3) is 5.56 Å². The Labute approximate surface area is 179 Å². The highest BCUT2D eigenvalue weighted by Crippen LogP contribution is 2.23. The lowest BCUT2D eigenvalue weighted by Crippen LogP contribution is -2.24. The third-order valence-electron chi connectivity index (χ3n) is 4.33. The van der Waals surface area contributed by atoms with Crippen LogP contribution in [0.2, 0.25) is 5.02 Å². The Hall–Kier alpha value is -2.57. The first-order chi connectivity index (χ1) is 13.7. The van der Waals surface area contributed by atoms with Gasteiger partial charge in [-0.1, -0.05) is 35.5 Å². The van der Waals surface area contributed by atoms with E-state index >= 15 is 0 Å². The number of rotatable bonds is 5. The molecule has 0 unspecified atom stereocenters. The number of aromatic nitrogens is 2. The molecule has 0 spiro atoms. The molecule has 2 aromatic carbocycles. The van der Waals surface area contributed by atoms with E-state index in [1.807, 2.05) is 45.9 Å². The van der Waals surface area contributed by atoms with Crippen LogP contribution in [0.5, 0.6) is 0 Å². The Balaban J connectivity index is 1.78. The molecule has 1 heterocycles. The molecular formula is C22H22ClN3O2S. The molecule has 1 N–H and O–H groups in total. The smallest absolute Gasteiger partial charge is 0.271 e. The summed E-state index contributed by atoms with van der Waals surface area (Å²) < 4.78 is 1.29. The molecule has 3 aromatic rings. The minimum absolute atomic E-state index is 0.127. The van der Waals surface area contributed by atoms with Gasteiger partial charge in [0.1, 0.15) is 5.03 Å². The zero-order valence-corrected chi connectivity index (χ0v) is 18.3. The largest absolute Gasteiger partial charge is 0.325 e. The third-order valence-corrected chi connectivity index (χ3v) is 5.77. The number of anilines is 1. The lowest BCUT2D eigenvalue weighted by atomic mass is 10.1. The fraction of sp³-hybridized carbons (Fsp3) is 0.227. The van der Waals surface area contributed by atoms with E-state index in [4.69, 9.17) is 11.6 Å². The quantitative estimate of drug-likeness (QED) is 0.586. The highest BCUT2D eigenvalue weighted by Gasteiger charge is 2.17. The van der Waals surface area contributed by atoms with Crippen molar-refractivity contribution in [3.05, 3.63) is 80.6 Å². The molecule has 1 aromatic heterocycles. The van der Waals surface area contributed by atoms with Crippen LogP contribution in [0.1, 0.15) is 23.6 Å². The van der Waals surface area contributed by atoms with Crippen LogP contribution in [0.15, 0.2) is 58.4 Å². The predicted molar refractivity (Wildman–Crippen MR) is 119 cm³/mol. The molecule has 0 radical (unpaired) electrons. The number of thioether (sulfide) groups is 1. The Kier molecular flexibility index (Phi) is 6.45. The summed E-state index contributed by atoms with van der Waals surface area (Å²) in [5.74, 6) is -0.127. The number of aryl methyl sites for hydroxylation is 3. The van der Waals surface area contributed by atoms with Gasteiger partial charge in [-0.3, -0.25) is 9.59 Å². The number of carbonyl (C=O) groups excluding carboxylic acids is 1. The molecule has 0 aliphatic heterocycles. The van der Waals surface area contributed by atoms with Crippen LogP contribution >= 0.6 is 23.4 Å². The molecule has 29 heavy (non-hydrogen) atoms. The monoisotopic (exact) mass is 427 g/mol. The minimum Gasteiger partial charge on any atom is -0.325 e. The minimum atomic E-state index is -0.393. The summed E-state index contributed by atoms with van der Waals surface area (Å²) in [4.78, 5) is 24.9. The zero-order valence-electron chi connectivity index (χ0n) is 16.7. The predicted octanol–water partition coefficient (Wildman–Crippen LogP) is 4.93. The number of amides is 1. The maximum Gasteiger partial charge on any atom is 0.271 e. The second-order valence-electron chi connectivity index (χ2n) is 6.98. The summed E-state index contributed by atoms with van der Waals surface area (Å²) in [6.45, 7) is 7.68. The summed E-state index contributed by atoms with van der Waals surface area (Å²) in [5.41, 5.74) is 4.19. The van der Waals surface area contributed by atoms with Crippen molar-refractivity contribution in [1.82, 2.24) is 9.78 Å². The zero-order chi connectivity index (χ0) is 21.1. The van der Waals surface area contributed by atoms with Crippen molar-refractivity contribution in [1.29, 1.82) is 0 Å². The van der Waals surface area contributed by atoms with Crippen molar-refractivity contribution in [2.75, 3.05) is 5.32 Å². The topological polar surface area (TPSA) is 64.0 Å². The second kappa shape index (κ2) is 8.84. The lowest BCUT2D eigenvalue weighted by Gasteiger charge is -2.13. The van der Waals surface area contributed by atoms with Crippen molar-refractivity contribution >= 4 is 35.0 Å². The van der Waals surface area contributed by atoms with Gasteiger partial charge in [0, 0.05) is 16.8 Å². The molecule has 1 atom stereocenters. The molecule has 0 saturated carbocycles. The molecule has 1 amide bonds. The maximum absolute atomic E-state index is 12.6. The van der Waals surface area contributed by atoms with Gasteiger partial charge in [-0.15, -0.1) is 0 Å². The number of nitrogens with one attached hydrogen (secondary N) is 1. The molecule has 0 bridgehead atoms. The van der Waals surface area contributed by atoms with Gasteiger partial charge >= 0.3 is 0 Å². The van der Waals surface area contributed by atoms with Gasteiger partial charge in [-0.05, 0) is 74.7 Å². The first kappa shape index (κ1) is 21.1. The normalized spacial score (nSPS) is 11.9. The second-order valence-corrected chi connectivity index (χ2v) is 8.75. The van der Waals surface area contributed by atoms with E-state index in [1.165, 1.54) is 22.5 Å². The van der Waals surface area contributed by atoms with Gasteiger partial charge in [0.05, 0.1) is 10.9 Å². The van der Waals surface area contributed by atoms with E-state index in [9.17, 15) is 9.59 Å². The first-order valence-electron chi connectivity index (χ1n) is 9.15. The molecule has 5 nitrogen and oxygen atoms in total. The van der Waals surface area contributed by atoms with E-state index in [1.54, 1.807) is 18.2 Å². The summed E-state index contributed by atoms with van der Waals surface area (Å²) in [6, 6.07) is 14.3. The van der Waals surface area contributed by atoms with Crippen molar-refractivity contribution < 1.29 is 4.79 Å². The van der Waals surface area contributed by atoms with Gasteiger partial charge in [-0.25, -0.2) is 0 Å². The Morgan fingerprint density at radius 1 is 1.07 bits per heavy atom. The first-order valence-corrected chi connectivity index (χ1v) is 10.4. The summed E-state index contributed by atoms with van der Waals surface area (Å²) >= 11 is 7.47. The van der Waals surface area contributed by atoms with E-state index < -0.39 is 5.25 Å². The molecule has 0 aliphatic rings. The highest BCUT2D eigenvalue weighted by atomic mass is 35.5. The average molecular weight is 428 g/mol. The van der Waals surface area contributed by atoms with Crippen LogP contribution in [-0.4, -0.2) is 20.9 Å². The van der Waals surface area contributed by atoms with Crippen LogP contribution in [0.25, 0.3) is 5.69 Å². The van der Waals surface area contributed by atoms with Crippen molar-refractivity contribution in [3.63, 3.8) is 0 Å². The van der Waals surface area contributed by atoms with Crippen LogP contribution in [-0.2, 0) is 4.79 Å². The fourth-order valence-electron chi connectivity index (χ4n) is 2.88. The van der Waals surface area contributed by atoms with E-state index in [0.29, 0.717) is 15.7 Å². The third kappa shape index (κ3) is 5.28. The molecular weight excluding hydrogens is 406 g/mol. The summed E-state index contributed by atoms with van der Waals surface area (Å²) in [6.07, 6.45) is 0. The van der Waals surface area contributed by atoms with E-state index in [-0.39, 0.29) is 11.5 Å². The molecule has 0 saturated heterocycles. The molecule has 150 valence electrons. The molecule has 3 rings (SSSR count). The molecule has 0 fully saturated rings. The number of halogens is 1. The number of benzene rings is 2. The Morgan fingerprint density at radius 2 is 1.76 bits per heavy atom. The van der Waals surface area contributed by atoms with Gasteiger partial charge < -0.3 is 5.32 Å². The van der Waals surface area contributed by atoms with Gasteiger partial charge in [0.2, 0.25) is 5.91 Å².